The van der Waals surface area contributed by atoms with E-state index in [1.807, 2.05) is 30.3 Å². The van der Waals surface area contributed by atoms with Crippen LogP contribution in [0, 0.1) is 0 Å². The van der Waals surface area contributed by atoms with E-state index in [2.05, 4.69) is 30.2 Å². The number of hydrogen-bond donors (Lipinski definition) is 2. The fourth-order valence-electron chi connectivity index (χ4n) is 4.31. The van der Waals surface area contributed by atoms with Crippen LogP contribution in [0.4, 0.5) is 5.82 Å². The van der Waals surface area contributed by atoms with E-state index in [1.54, 1.807) is 12.7 Å². The van der Waals surface area contributed by atoms with Crippen LogP contribution in [0.3, 0.4) is 0 Å². The number of imidazole rings is 1. The Bertz CT molecular complexity index is 945. The predicted octanol–water partition coefficient (Wildman–Crippen LogP) is 2.00. The molecule has 3 aromatic rings. The lowest BCUT2D eigenvalue weighted by atomic mass is 9.82. The average Bonchev–Trinajstić information content (AvgIpc) is 3.28. The Morgan fingerprint density at radius 1 is 1.08 bits per heavy atom. The maximum atomic E-state index is 12.6. The summed E-state index contributed by atoms with van der Waals surface area (Å²) in [4.78, 5) is 30.8. The Morgan fingerprint density at radius 3 is 2.69 bits per heavy atom. The Balaban J connectivity index is 1.34. The molecule has 2 fully saturated rings. The van der Waals surface area contributed by atoms with Crippen LogP contribution in [-0.4, -0.2) is 44.5 Å². The molecule has 1 spiro atoms. The van der Waals surface area contributed by atoms with Crippen molar-refractivity contribution >= 4 is 22.9 Å². The van der Waals surface area contributed by atoms with E-state index in [4.69, 9.17) is 0 Å². The van der Waals surface area contributed by atoms with Crippen LogP contribution in [0.1, 0.15) is 30.7 Å². The third-order valence-corrected chi connectivity index (χ3v) is 5.72. The van der Waals surface area contributed by atoms with Crippen LogP contribution in [-0.2, 0) is 4.79 Å². The standard InChI is InChI=1S/C19H20N6O/c26-18-14(13-4-2-1-3-5-13)10-19(24-18)6-8-25(9-7-19)17-15-16(21-11-20-15)22-12-23-17/h1-5,11-12,14H,6-10H2,(H,24,26)(H,20,21,22,23)/t14-/m1/s1. The fourth-order valence-corrected chi connectivity index (χ4v) is 4.31. The number of carbonyl (C=O) groups excluding carboxylic acids is 1. The van der Waals surface area contributed by atoms with Gasteiger partial charge >= 0.3 is 0 Å². The molecule has 2 N–H and O–H groups in total. The highest BCUT2D eigenvalue weighted by Gasteiger charge is 2.46. The van der Waals surface area contributed by atoms with Gasteiger partial charge in [0.15, 0.2) is 11.5 Å². The van der Waals surface area contributed by atoms with Gasteiger partial charge in [0.05, 0.1) is 12.2 Å². The molecule has 132 valence electrons. The van der Waals surface area contributed by atoms with E-state index >= 15 is 0 Å². The van der Waals surface area contributed by atoms with E-state index in [-0.39, 0.29) is 17.4 Å². The van der Waals surface area contributed by atoms with Crippen molar-refractivity contribution in [3.05, 3.63) is 48.5 Å². The minimum Gasteiger partial charge on any atom is -0.355 e. The smallest absolute Gasteiger partial charge is 0.228 e. The lowest BCUT2D eigenvalue weighted by Crippen LogP contribution is -2.51. The predicted molar refractivity (Wildman–Crippen MR) is 97.8 cm³/mol. The molecule has 0 unspecified atom stereocenters. The van der Waals surface area contributed by atoms with Crippen molar-refractivity contribution in [3.63, 3.8) is 0 Å². The first-order chi connectivity index (χ1) is 12.7. The molecule has 0 saturated carbocycles. The van der Waals surface area contributed by atoms with E-state index in [1.165, 1.54) is 0 Å². The third-order valence-electron chi connectivity index (χ3n) is 5.72. The zero-order chi connectivity index (χ0) is 17.6. The van der Waals surface area contributed by atoms with Gasteiger partial charge in [-0.2, -0.15) is 0 Å². The number of aromatic nitrogens is 4. The summed E-state index contributed by atoms with van der Waals surface area (Å²) in [5.74, 6) is 1.01. The van der Waals surface area contributed by atoms with Gasteiger partial charge in [0.2, 0.25) is 5.91 Å². The minimum absolute atomic E-state index is 0.0406. The van der Waals surface area contributed by atoms with Crippen LogP contribution < -0.4 is 10.2 Å². The summed E-state index contributed by atoms with van der Waals surface area (Å²) in [6.45, 7) is 1.71. The number of H-pyrrole nitrogens is 1. The number of amides is 1. The molecule has 5 rings (SSSR count). The molecule has 4 heterocycles. The van der Waals surface area contributed by atoms with E-state index < -0.39 is 0 Å². The largest absolute Gasteiger partial charge is 0.355 e. The van der Waals surface area contributed by atoms with Crippen molar-refractivity contribution in [2.45, 2.75) is 30.7 Å². The van der Waals surface area contributed by atoms with Crippen LogP contribution in [0.2, 0.25) is 0 Å². The first-order valence-electron chi connectivity index (χ1n) is 9.00. The number of hydrogen-bond acceptors (Lipinski definition) is 5. The number of nitrogens with zero attached hydrogens (tertiary/aromatic N) is 4. The van der Waals surface area contributed by atoms with Crippen LogP contribution in [0.25, 0.3) is 11.2 Å². The molecule has 26 heavy (non-hydrogen) atoms. The lowest BCUT2D eigenvalue weighted by Gasteiger charge is -2.39. The summed E-state index contributed by atoms with van der Waals surface area (Å²) in [5, 5.41) is 3.30. The first-order valence-corrected chi connectivity index (χ1v) is 9.00. The van der Waals surface area contributed by atoms with Gasteiger partial charge in [-0.25, -0.2) is 15.0 Å². The maximum absolute atomic E-state index is 12.6. The number of rotatable bonds is 2. The molecule has 7 heteroatoms. The number of aromatic amines is 1. The fraction of sp³-hybridized carbons (Fsp3) is 0.368. The summed E-state index contributed by atoms with van der Waals surface area (Å²) < 4.78 is 0. The first kappa shape index (κ1) is 15.3. The Kier molecular flexibility index (Phi) is 3.41. The van der Waals surface area contributed by atoms with E-state index in [0.29, 0.717) is 5.65 Å². The third kappa shape index (κ3) is 2.42. The highest BCUT2D eigenvalue weighted by molar-refractivity contribution is 5.87. The molecule has 0 radical (unpaired) electrons. The second-order valence-corrected chi connectivity index (χ2v) is 7.22. The van der Waals surface area contributed by atoms with Crippen molar-refractivity contribution in [3.8, 4) is 0 Å². The van der Waals surface area contributed by atoms with Gasteiger partial charge in [0.1, 0.15) is 11.8 Å². The number of anilines is 1. The van der Waals surface area contributed by atoms with Crippen molar-refractivity contribution < 1.29 is 4.79 Å². The molecule has 2 aliphatic heterocycles. The van der Waals surface area contributed by atoms with E-state index in [9.17, 15) is 4.79 Å². The van der Waals surface area contributed by atoms with E-state index in [0.717, 1.165) is 49.2 Å². The number of piperidine rings is 1. The molecule has 2 aromatic heterocycles. The van der Waals surface area contributed by atoms with Gasteiger partial charge in [0, 0.05) is 18.6 Å². The molecule has 0 bridgehead atoms. The molecular formula is C19H20N6O. The average molecular weight is 348 g/mol. The second kappa shape index (κ2) is 5.79. The molecule has 1 amide bonds. The Labute approximate surface area is 150 Å². The van der Waals surface area contributed by atoms with Gasteiger partial charge < -0.3 is 15.2 Å². The zero-order valence-electron chi connectivity index (χ0n) is 14.4. The lowest BCUT2D eigenvalue weighted by molar-refractivity contribution is -0.121. The van der Waals surface area contributed by atoms with Crippen LogP contribution in [0.15, 0.2) is 43.0 Å². The molecule has 1 atom stereocenters. The highest BCUT2D eigenvalue weighted by Crippen LogP contribution is 2.40. The van der Waals surface area contributed by atoms with Crippen molar-refractivity contribution in [2.75, 3.05) is 18.0 Å². The number of carbonyl (C=O) groups is 1. The van der Waals surface area contributed by atoms with Gasteiger partial charge in [-0.3, -0.25) is 4.79 Å². The number of nitrogens with one attached hydrogen (secondary N) is 2. The summed E-state index contributed by atoms with van der Waals surface area (Å²) in [7, 11) is 0. The van der Waals surface area contributed by atoms with Gasteiger partial charge in [-0.05, 0) is 24.8 Å². The van der Waals surface area contributed by atoms with Gasteiger partial charge in [-0.1, -0.05) is 30.3 Å². The Hall–Kier alpha value is -2.96. The monoisotopic (exact) mass is 348 g/mol. The van der Waals surface area contributed by atoms with Gasteiger partial charge in [-0.15, -0.1) is 0 Å². The summed E-state index contributed by atoms with van der Waals surface area (Å²) in [6, 6.07) is 10.1. The molecule has 7 nitrogen and oxygen atoms in total. The highest BCUT2D eigenvalue weighted by atomic mass is 16.2. The van der Waals surface area contributed by atoms with Crippen LogP contribution >= 0.6 is 0 Å². The van der Waals surface area contributed by atoms with Crippen molar-refractivity contribution in [2.24, 2.45) is 0 Å². The summed E-state index contributed by atoms with van der Waals surface area (Å²) in [6.07, 6.45) is 5.91. The Morgan fingerprint density at radius 2 is 1.88 bits per heavy atom. The number of fused-ring (bicyclic) bond motifs is 1. The van der Waals surface area contributed by atoms with Crippen LogP contribution in [0.5, 0.6) is 0 Å². The SMILES string of the molecule is O=C1NC2(CCN(c3ncnc4nc[nH]c34)CC2)C[C@@H]1c1ccccc1. The molecule has 2 aliphatic rings. The molecule has 1 aromatic carbocycles. The molecule has 0 aliphatic carbocycles. The maximum Gasteiger partial charge on any atom is 0.228 e. The summed E-state index contributed by atoms with van der Waals surface area (Å²) in [5.41, 5.74) is 2.57. The van der Waals surface area contributed by atoms with Gasteiger partial charge in [0.25, 0.3) is 0 Å². The van der Waals surface area contributed by atoms with Crippen molar-refractivity contribution in [1.82, 2.24) is 25.3 Å². The minimum atomic E-state index is -0.103. The molecular weight excluding hydrogens is 328 g/mol. The second-order valence-electron chi connectivity index (χ2n) is 7.22. The quantitative estimate of drug-likeness (QED) is 0.740. The number of benzene rings is 1. The molecule has 2 saturated heterocycles. The normalized spacial score (nSPS) is 22.1. The summed E-state index contributed by atoms with van der Waals surface area (Å²) >= 11 is 0. The topological polar surface area (TPSA) is 86.8 Å². The van der Waals surface area contributed by atoms with Crippen molar-refractivity contribution in [1.29, 1.82) is 0 Å². The zero-order valence-corrected chi connectivity index (χ0v) is 14.4.